The Labute approximate surface area is 118 Å². The second kappa shape index (κ2) is 5.23. The summed E-state index contributed by atoms with van der Waals surface area (Å²) in [4.78, 5) is 12.1. The predicted octanol–water partition coefficient (Wildman–Crippen LogP) is 1.54. The molecule has 3 N–H and O–H groups in total. The van der Waals surface area contributed by atoms with E-state index in [1.165, 1.54) is 0 Å². The summed E-state index contributed by atoms with van der Waals surface area (Å²) in [5, 5.41) is 11.9. The molecule has 1 fully saturated rings. The van der Waals surface area contributed by atoms with Gasteiger partial charge in [-0.15, -0.1) is 0 Å². The Morgan fingerprint density at radius 2 is 2.10 bits per heavy atom. The molecule has 1 atom stereocenters. The lowest BCUT2D eigenvalue weighted by atomic mass is 9.86. The minimum absolute atomic E-state index is 0.234. The van der Waals surface area contributed by atoms with Crippen molar-refractivity contribution in [3.8, 4) is 6.07 Å². The predicted molar refractivity (Wildman–Crippen MR) is 76.1 cm³/mol. The van der Waals surface area contributed by atoms with E-state index in [4.69, 9.17) is 15.7 Å². The van der Waals surface area contributed by atoms with Gasteiger partial charge in [0.1, 0.15) is 5.54 Å². The van der Waals surface area contributed by atoms with Crippen LogP contribution in [-0.4, -0.2) is 24.7 Å². The fourth-order valence-electron chi connectivity index (χ4n) is 2.05. The number of carbonyl (C=O) groups excluding carboxylic acids is 1. The Bertz CT molecular complexity index is 537. The molecule has 106 valence electrons. The first-order chi connectivity index (χ1) is 9.37. The maximum absolute atomic E-state index is 12.1. The van der Waals surface area contributed by atoms with Crippen LogP contribution in [0.15, 0.2) is 24.3 Å². The van der Waals surface area contributed by atoms with E-state index in [2.05, 4.69) is 11.4 Å². The Morgan fingerprint density at radius 1 is 1.45 bits per heavy atom. The number of rotatable bonds is 3. The first-order valence-corrected chi connectivity index (χ1v) is 6.57. The van der Waals surface area contributed by atoms with Crippen molar-refractivity contribution >= 4 is 11.6 Å². The van der Waals surface area contributed by atoms with Crippen molar-refractivity contribution in [2.24, 2.45) is 5.73 Å². The van der Waals surface area contributed by atoms with Crippen molar-refractivity contribution in [3.63, 3.8) is 0 Å². The van der Waals surface area contributed by atoms with Gasteiger partial charge in [-0.25, -0.2) is 0 Å². The van der Waals surface area contributed by atoms with Crippen LogP contribution in [0.1, 0.15) is 25.8 Å². The number of nitrogens with two attached hydrogens (primary N) is 1. The lowest BCUT2D eigenvalue weighted by Gasteiger charge is -2.21. The van der Waals surface area contributed by atoms with E-state index < -0.39 is 11.0 Å². The summed E-state index contributed by atoms with van der Waals surface area (Å²) in [7, 11) is 0. The molecule has 5 nitrogen and oxygen atoms in total. The maximum atomic E-state index is 12.1. The van der Waals surface area contributed by atoms with Crippen LogP contribution in [0.25, 0.3) is 0 Å². The molecule has 0 saturated carbocycles. The first kappa shape index (κ1) is 14.5. The Hall–Kier alpha value is -1.90. The van der Waals surface area contributed by atoms with Crippen molar-refractivity contribution in [1.82, 2.24) is 0 Å². The molecule has 1 saturated heterocycles. The van der Waals surface area contributed by atoms with Crippen molar-refractivity contribution in [1.29, 1.82) is 5.26 Å². The lowest BCUT2D eigenvalue weighted by Crippen LogP contribution is -2.51. The van der Waals surface area contributed by atoms with E-state index in [1.807, 2.05) is 26.0 Å². The fraction of sp³-hybridized carbons (Fsp3) is 0.467. The number of ether oxygens (including phenoxy) is 1. The third-order valence-corrected chi connectivity index (χ3v) is 3.65. The second-order valence-corrected chi connectivity index (χ2v) is 5.73. The molecule has 0 aliphatic carbocycles. The van der Waals surface area contributed by atoms with Gasteiger partial charge in [0.2, 0.25) is 5.91 Å². The van der Waals surface area contributed by atoms with Crippen LogP contribution in [0.3, 0.4) is 0 Å². The van der Waals surface area contributed by atoms with Crippen LogP contribution in [0.2, 0.25) is 0 Å². The van der Waals surface area contributed by atoms with E-state index in [1.54, 1.807) is 12.1 Å². The summed E-state index contributed by atoms with van der Waals surface area (Å²) in [6.07, 6.45) is 0.526. The standard InChI is InChI=1S/C15H19N3O2/c1-14(2,9-16)11-3-5-12(6-4-11)18-13(19)15(17)7-8-20-10-15/h3-6H,7-8,10,17H2,1-2H3,(H,18,19). The molecular formula is C15H19N3O2. The summed E-state index contributed by atoms with van der Waals surface area (Å²) in [6, 6.07) is 9.49. The lowest BCUT2D eigenvalue weighted by molar-refractivity contribution is -0.121. The fourth-order valence-corrected chi connectivity index (χ4v) is 2.05. The van der Waals surface area contributed by atoms with Gasteiger partial charge in [0.25, 0.3) is 0 Å². The second-order valence-electron chi connectivity index (χ2n) is 5.73. The van der Waals surface area contributed by atoms with Crippen LogP contribution in [0, 0.1) is 11.3 Å². The average molecular weight is 273 g/mol. The van der Waals surface area contributed by atoms with Gasteiger partial charge in [-0.2, -0.15) is 5.26 Å². The number of carbonyl (C=O) groups is 1. The molecule has 2 rings (SSSR count). The van der Waals surface area contributed by atoms with Gasteiger partial charge >= 0.3 is 0 Å². The zero-order valence-electron chi connectivity index (χ0n) is 11.8. The quantitative estimate of drug-likeness (QED) is 0.874. The molecule has 0 radical (unpaired) electrons. The molecule has 1 heterocycles. The molecule has 1 amide bonds. The summed E-state index contributed by atoms with van der Waals surface area (Å²) in [5.41, 5.74) is 6.08. The van der Waals surface area contributed by atoms with Crippen molar-refractivity contribution in [3.05, 3.63) is 29.8 Å². The van der Waals surface area contributed by atoms with Gasteiger partial charge in [-0.1, -0.05) is 12.1 Å². The van der Waals surface area contributed by atoms with Crippen molar-refractivity contribution in [2.75, 3.05) is 18.5 Å². The minimum Gasteiger partial charge on any atom is -0.379 e. The van der Waals surface area contributed by atoms with Gasteiger partial charge in [0.15, 0.2) is 0 Å². The van der Waals surface area contributed by atoms with Crippen LogP contribution >= 0.6 is 0 Å². The largest absolute Gasteiger partial charge is 0.379 e. The van der Waals surface area contributed by atoms with E-state index in [9.17, 15) is 4.79 Å². The molecule has 1 aliphatic rings. The number of nitrogens with one attached hydrogen (secondary N) is 1. The average Bonchev–Trinajstić information content (AvgIpc) is 2.88. The molecule has 0 bridgehead atoms. The Balaban J connectivity index is 2.08. The van der Waals surface area contributed by atoms with Gasteiger partial charge in [-0.05, 0) is 38.0 Å². The number of anilines is 1. The van der Waals surface area contributed by atoms with E-state index in [0.717, 1.165) is 5.56 Å². The third kappa shape index (κ3) is 2.82. The highest BCUT2D eigenvalue weighted by atomic mass is 16.5. The molecule has 0 spiro atoms. The van der Waals surface area contributed by atoms with Crippen molar-refractivity contribution in [2.45, 2.75) is 31.2 Å². The highest BCUT2D eigenvalue weighted by Crippen LogP contribution is 2.24. The molecule has 1 aromatic rings. The zero-order valence-corrected chi connectivity index (χ0v) is 11.8. The summed E-state index contributed by atoms with van der Waals surface area (Å²) < 4.78 is 5.18. The van der Waals surface area contributed by atoms with Gasteiger partial charge in [0, 0.05) is 12.3 Å². The summed E-state index contributed by atoms with van der Waals surface area (Å²) in [5.74, 6) is -0.234. The van der Waals surface area contributed by atoms with E-state index >= 15 is 0 Å². The molecule has 5 heteroatoms. The van der Waals surface area contributed by atoms with Gasteiger partial charge in [-0.3, -0.25) is 4.79 Å². The minimum atomic E-state index is -0.940. The third-order valence-electron chi connectivity index (χ3n) is 3.65. The zero-order chi connectivity index (χ0) is 14.8. The first-order valence-electron chi connectivity index (χ1n) is 6.57. The molecule has 1 unspecified atom stereocenters. The SMILES string of the molecule is CC(C)(C#N)c1ccc(NC(=O)C2(N)CCOC2)cc1. The smallest absolute Gasteiger partial charge is 0.246 e. The summed E-state index contributed by atoms with van der Waals surface area (Å²) in [6.45, 7) is 4.47. The van der Waals surface area contributed by atoms with Crippen LogP contribution in [0.4, 0.5) is 5.69 Å². The van der Waals surface area contributed by atoms with Crippen LogP contribution in [-0.2, 0) is 14.9 Å². The Kier molecular flexibility index (Phi) is 3.80. The number of nitriles is 1. The molecule has 20 heavy (non-hydrogen) atoms. The number of nitrogens with zero attached hydrogens (tertiary/aromatic N) is 1. The molecule has 1 aromatic carbocycles. The number of hydrogen-bond donors (Lipinski definition) is 2. The highest BCUT2D eigenvalue weighted by Gasteiger charge is 2.38. The maximum Gasteiger partial charge on any atom is 0.246 e. The van der Waals surface area contributed by atoms with Gasteiger partial charge < -0.3 is 15.8 Å². The molecular weight excluding hydrogens is 254 g/mol. The van der Waals surface area contributed by atoms with Crippen LogP contribution < -0.4 is 11.1 Å². The molecule has 0 aromatic heterocycles. The molecule has 1 aliphatic heterocycles. The van der Waals surface area contributed by atoms with Crippen molar-refractivity contribution < 1.29 is 9.53 Å². The highest BCUT2D eigenvalue weighted by molar-refractivity contribution is 5.98. The topological polar surface area (TPSA) is 88.1 Å². The van der Waals surface area contributed by atoms with E-state index in [-0.39, 0.29) is 12.5 Å². The van der Waals surface area contributed by atoms with Gasteiger partial charge in [0.05, 0.1) is 18.1 Å². The van der Waals surface area contributed by atoms with Crippen LogP contribution in [0.5, 0.6) is 0 Å². The van der Waals surface area contributed by atoms with E-state index in [0.29, 0.717) is 18.7 Å². The number of benzene rings is 1. The number of amides is 1. The summed E-state index contributed by atoms with van der Waals surface area (Å²) >= 11 is 0. The number of hydrogen-bond acceptors (Lipinski definition) is 4. The Morgan fingerprint density at radius 3 is 2.60 bits per heavy atom. The normalized spacial score (nSPS) is 22.3. The monoisotopic (exact) mass is 273 g/mol.